The van der Waals surface area contributed by atoms with Gasteiger partial charge in [-0.3, -0.25) is 9.35 Å². The Morgan fingerprint density at radius 3 is 2.46 bits per heavy atom. The first kappa shape index (κ1) is 16.7. The lowest BCUT2D eigenvalue weighted by Gasteiger charge is -2.17. The van der Waals surface area contributed by atoms with E-state index in [1.807, 2.05) is 48.7 Å². The van der Waals surface area contributed by atoms with E-state index in [2.05, 4.69) is 0 Å². The molecule has 3 aromatic rings. The average molecular weight is 345 g/mol. The van der Waals surface area contributed by atoms with Crippen molar-refractivity contribution in [2.45, 2.75) is 26.8 Å². The fraction of sp³-hybridized carbons (Fsp3) is 0.278. The van der Waals surface area contributed by atoms with Crippen LogP contribution in [0.4, 0.5) is 0 Å². The summed E-state index contributed by atoms with van der Waals surface area (Å²) >= 11 is 0. The fourth-order valence-corrected chi connectivity index (χ4v) is 3.62. The van der Waals surface area contributed by atoms with Gasteiger partial charge in [-0.25, -0.2) is 0 Å². The Morgan fingerprint density at radius 1 is 1.04 bits per heavy atom. The maximum Gasteiger partial charge on any atom is 0.264 e. The number of fused-ring (bicyclic) bond motifs is 2. The van der Waals surface area contributed by atoms with Gasteiger partial charge < -0.3 is 4.57 Å². The minimum absolute atomic E-state index is 0.00664. The maximum atomic E-state index is 12.9. The first-order chi connectivity index (χ1) is 11.3. The van der Waals surface area contributed by atoms with E-state index in [0.29, 0.717) is 17.3 Å². The molecule has 126 valence electrons. The second-order valence-corrected chi connectivity index (χ2v) is 7.61. The van der Waals surface area contributed by atoms with Crippen LogP contribution in [0.1, 0.15) is 17.5 Å². The van der Waals surface area contributed by atoms with Crippen molar-refractivity contribution in [2.75, 3.05) is 5.75 Å². The topological polar surface area (TPSA) is 76.4 Å². The summed E-state index contributed by atoms with van der Waals surface area (Å²) in [4.78, 5) is 12.9. The van der Waals surface area contributed by atoms with Crippen molar-refractivity contribution >= 4 is 31.9 Å². The molecule has 0 saturated heterocycles. The molecule has 5 nitrogen and oxygen atoms in total. The molecule has 3 rings (SSSR count). The van der Waals surface area contributed by atoms with Crippen molar-refractivity contribution in [3.63, 3.8) is 0 Å². The van der Waals surface area contributed by atoms with Crippen LogP contribution in [-0.4, -0.2) is 23.3 Å². The first-order valence-electron chi connectivity index (χ1n) is 7.76. The van der Waals surface area contributed by atoms with Gasteiger partial charge in [0.15, 0.2) is 5.43 Å². The Bertz CT molecular complexity index is 1100. The van der Waals surface area contributed by atoms with Gasteiger partial charge in [0.1, 0.15) is 0 Å². The van der Waals surface area contributed by atoms with E-state index in [1.54, 1.807) is 6.07 Å². The molecule has 0 unspecified atom stereocenters. The molecule has 1 aromatic heterocycles. The maximum absolute atomic E-state index is 12.9. The van der Waals surface area contributed by atoms with E-state index in [1.165, 1.54) is 0 Å². The molecule has 0 saturated carbocycles. The van der Waals surface area contributed by atoms with Crippen LogP contribution in [0.3, 0.4) is 0 Å². The van der Waals surface area contributed by atoms with E-state index in [-0.39, 0.29) is 17.6 Å². The standard InChI is InChI=1S/C18H19NO4S/c1-12-8-9-16-17(13(12)2)18(20)14-6-3-4-7-15(14)19(16)10-5-11-24(21,22)23/h3-4,6-9H,5,10-11H2,1-2H3,(H,21,22,23). The van der Waals surface area contributed by atoms with E-state index < -0.39 is 10.1 Å². The smallest absolute Gasteiger partial charge is 0.264 e. The van der Waals surface area contributed by atoms with Crippen molar-refractivity contribution < 1.29 is 13.0 Å². The van der Waals surface area contributed by atoms with Crippen LogP contribution in [-0.2, 0) is 16.7 Å². The van der Waals surface area contributed by atoms with Crippen molar-refractivity contribution in [2.24, 2.45) is 0 Å². The first-order valence-corrected chi connectivity index (χ1v) is 9.37. The third-order valence-corrected chi connectivity index (χ3v) is 5.26. The average Bonchev–Trinajstić information content (AvgIpc) is 2.52. The summed E-state index contributed by atoms with van der Waals surface area (Å²) in [7, 11) is -4.00. The quantitative estimate of drug-likeness (QED) is 0.582. The lowest BCUT2D eigenvalue weighted by atomic mass is 10.0. The number of benzene rings is 2. The molecule has 1 N–H and O–H groups in total. The predicted octanol–water partition coefficient (Wildman–Crippen LogP) is 3.05. The number of pyridine rings is 1. The predicted molar refractivity (Wildman–Crippen MR) is 96.2 cm³/mol. The number of hydrogen-bond acceptors (Lipinski definition) is 3. The Morgan fingerprint density at radius 2 is 1.75 bits per heavy atom. The second-order valence-electron chi connectivity index (χ2n) is 6.04. The van der Waals surface area contributed by atoms with Gasteiger partial charge in [0, 0.05) is 17.3 Å². The largest absolute Gasteiger partial charge is 0.340 e. The minimum atomic E-state index is -4.00. The van der Waals surface area contributed by atoms with Crippen molar-refractivity contribution in [3.05, 3.63) is 57.7 Å². The molecular weight excluding hydrogens is 326 g/mol. The summed E-state index contributed by atoms with van der Waals surface area (Å²) in [6, 6.07) is 11.2. The second kappa shape index (κ2) is 6.03. The third kappa shape index (κ3) is 2.95. The molecule has 0 bridgehead atoms. The zero-order valence-corrected chi connectivity index (χ0v) is 14.4. The van der Waals surface area contributed by atoms with Gasteiger partial charge in [0.2, 0.25) is 0 Å². The zero-order chi connectivity index (χ0) is 17.5. The lowest BCUT2D eigenvalue weighted by molar-refractivity contribution is 0.479. The summed E-state index contributed by atoms with van der Waals surface area (Å²) in [6.07, 6.45) is 0.272. The normalized spacial score (nSPS) is 12.1. The summed E-state index contributed by atoms with van der Waals surface area (Å²) in [5.74, 6) is -0.306. The van der Waals surface area contributed by atoms with Gasteiger partial charge in [-0.2, -0.15) is 8.42 Å². The molecule has 0 atom stereocenters. The third-order valence-electron chi connectivity index (χ3n) is 4.46. The van der Waals surface area contributed by atoms with Gasteiger partial charge in [-0.15, -0.1) is 0 Å². The number of aryl methyl sites for hydroxylation is 3. The number of hydrogen-bond donors (Lipinski definition) is 1. The molecular formula is C18H19NO4S. The fourth-order valence-electron chi connectivity index (χ4n) is 3.12. The van der Waals surface area contributed by atoms with E-state index in [0.717, 1.165) is 22.2 Å². The molecule has 0 radical (unpaired) electrons. The lowest BCUT2D eigenvalue weighted by Crippen LogP contribution is -2.15. The van der Waals surface area contributed by atoms with Gasteiger partial charge >= 0.3 is 0 Å². The van der Waals surface area contributed by atoms with Crippen LogP contribution in [0, 0.1) is 13.8 Å². The molecule has 0 fully saturated rings. The molecule has 0 aliphatic heterocycles. The Balaban J connectivity index is 2.30. The summed E-state index contributed by atoms with van der Waals surface area (Å²) < 4.78 is 32.9. The number of para-hydroxylation sites is 1. The van der Waals surface area contributed by atoms with Gasteiger partial charge in [-0.05, 0) is 49.6 Å². The van der Waals surface area contributed by atoms with Crippen molar-refractivity contribution in [3.8, 4) is 0 Å². The molecule has 0 amide bonds. The van der Waals surface area contributed by atoms with Crippen LogP contribution in [0.2, 0.25) is 0 Å². The van der Waals surface area contributed by atoms with Crippen LogP contribution in [0.5, 0.6) is 0 Å². The highest BCUT2D eigenvalue weighted by Gasteiger charge is 2.14. The van der Waals surface area contributed by atoms with Gasteiger partial charge in [0.25, 0.3) is 10.1 Å². The summed E-state index contributed by atoms with van der Waals surface area (Å²) in [5, 5.41) is 1.28. The van der Waals surface area contributed by atoms with Crippen LogP contribution < -0.4 is 5.43 Å². The SMILES string of the molecule is Cc1ccc2c(c1C)c(=O)c1ccccc1n2CCCS(=O)(=O)O. The molecule has 1 heterocycles. The zero-order valence-electron chi connectivity index (χ0n) is 13.6. The van der Waals surface area contributed by atoms with Crippen molar-refractivity contribution in [1.82, 2.24) is 4.57 Å². The van der Waals surface area contributed by atoms with E-state index in [9.17, 15) is 13.2 Å². The molecule has 0 spiro atoms. The van der Waals surface area contributed by atoms with Gasteiger partial charge in [0.05, 0.1) is 16.8 Å². The molecule has 6 heteroatoms. The number of nitrogens with zero attached hydrogens (tertiary/aromatic N) is 1. The van der Waals surface area contributed by atoms with E-state index in [4.69, 9.17) is 4.55 Å². The summed E-state index contributed by atoms with van der Waals surface area (Å²) in [5.41, 5.74) is 3.53. The molecule has 24 heavy (non-hydrogen) atoms. The number of rotatable bonds is 4. The molecule has 2 aromatic carbocycles. The van der Waals surface area contributed by atoms with Gasteiger partial charge in [-0.1, -0.05) is 18.2 Å². The number of aromatic nitrogens is 1. The van der Waals surface area contributed by atoms with Crippen LogP contribution in [0.15, 0.2) is 41.2 Å². The highest BCUT2D eigenvalue weighted by Crippen LogP contribution is 2.24. The van der Waals surface area contributed by atoms with Crippen molar-refractivity contribution in [1.29, 1.82) is 0 Å². The Kier molecular flexibility index (Phi) is 4.19. The highest BCUT2D eigenvalue weighted by atomic mass is 32.2. The molecule has 0 aliphatic carbocycles. The van der Waals surface area contributed by atoms with Crippen LogP contribution in [0.25, 0.3) is 21.8 Å². The van der Waals surface area contributed by atoms with Crippen LogP contribution >= 0.6 is 0 Å². The monoisotopic (exact) mass is 345 g/mol. The summed E-state index contributed by atoms with van der Waals surface area (Å²) in [6.45, 7) is 4.29. The Labute approximate surface area is 140 Å². The van der Waals surface area contributed by atoms with E-state index >= 15 is 0 Å². The Hall–Kier alpha value is -2.18. The minimum Gasteiger partial charge on any atom is -0.340 e. The highest BCUT2D eigenvalue weighted by molar-refractivity contribution is 7.85. The molecule has 0 aliphatic rings.